The Morgan fingerprint density at radius 2 is 1.82 bits per heavy atom. The Labute approximate surface area is 123 Å². The van der Waals surface area contributed by atoms with Gasteiger partial charge in [0.25, 0.3) is 11.6 Å². The number of nitro groups is 1. The molecule has 0 aromatic heterocycles. The molecule has 0 fully saturated rings. The number of anilines is 1. The van der Waals surface area contributed by atoms with Gasteiger partial charge in [0.1, 0.15) is 5.82 Å². The van der Waals surface area contributed by atoms with Gasteiger partial charge in [-0.05, 0) is 18.2 Å². The quantitative estimate of drug-likeness (QED) is 0.666. The van der Waals surface area contributed by atoms with Crippen LogP contribution in [-0.4, -0.2) is 21.9 Å². The number of aromatic carboxylic acids is 1. The van der Waals surface area contributed by atoms with Crippen molar-refractivity contribution in [1.29, 1.82) is 0 Å². The number of nitrogens with zero attached hydrogens (tertiary/aromatic N) is 1. The number of halogens is 1. The number of carboxylic acids is 1. The molecule has 2 aromatic rings. The Morgan fingerprint density at radius 3 is 2.41 bits per heavy atom. The van der Waals surface area contributed by atoms with Gasteiger partial charge in [0.15, 0.2) is 0 Å². The van der Waals surface area contributed by atoms with E-state index in [1.165, 1.54) is 18.2 Å². The third-order valence-electron chi connectivity index (χ3n) is 2.81. The maximum absolute atomic E-state index is 13.5. The zero-order valence-electron chi connectivity index (χ0n) is 10.9. The highest BCUT2D eigenvalue weighted by Crippen LogP contribution is 2.20. The normalized spacial score (nSPS) is 10.0. The smallest absolute Gasteiger partial charge is 0.336 e. The zero-order valence-corrected chi connectivity index (χ0v) is 10.9. The van der Waals surface area contributed by atoms with E-state index >= 15 is 0 Å². The summed E-state index contributed by atoms with van der Waals surface area (Å²) in [4.78, 5) is 33.2. The molecular formula is C14H9FN2O5. The van der Waals surface area contributed by atoms with E-state index in [9.17, 15) is 24.1 Å². The minimum Gasteiger partial charge on any atom is -0.478 e. The van der Waals surface area contributed by atoms with Crippen molar-refractivity contribution in [2.45, 2.75) is 0 Å². The molecule has 112 valence electrons. The first-order chi connectivity index (χ1) is 10.4. The van der Waals surface area contributed by atoms with Crippen LogP contribution in [0.15, 0.2) is 42.5 Å². The Hall–Kier alpha value is -3.29. The van der Waals surface area contributed by atoms with Gasteiger partial charge in [0.2, 0.25) is 0 Å². The number of benzene rings is 2. The molecule has 0 heterocycles. The third kappa shape index (κ3) is 3.06. The number of hydrogen-bond donors (Lipinski definition) is 2. The second kappa shape index (κ2) is 6.00. The van der Waals surface area contributed by atoms with Crippen LogP contribution in [0, 0.1) is 15.9 Å². The van der Waals surface area contributed by atoms with Gasteiger partial charge in [0.05, 0.1) is 21.7 Å². The molecule has 0 saturated carbocycles. The van der Waals surface area contributed by atoms with E-state index in [0.717, 1.165) is 24.3 Å². The van der Waals surface area contributed by atoms with Crippen molar-refractivity contribution in [2.75, 3.05) is 5.32 Å². The third-order valence-corrected chi connectivity index (χ3v) is 2.81. The summed E-state index contributed by atoms with van der Waals surface area (Å²) in [5.74, 6) is -3.09. The molecule has 0 saturated heterocycles. The summed E-state index contributed by atoms with van der Waals surface area (Å²) in [5.41, 5.74) is -1.44. The number of nitrogens with one attached hydrogen (secondary N) is 1. The van der Waals surface area contributed by atoms with E-state index in [1.54, 1.807) is 0 Å². The van der Waals surface area contributed by atoms with Gasteiger partial charge in [-0.1, -0.05) is 12.1 Å². The van der Waals surface area contributed by atoms with Gasteiger partial charge in [0, 0.05) is 12.1 Å². The summed E-state index contributed by atoms with van der Waals surface area (Å²) in [6, 6.07) is 8.05. The molecule has 0 atom stereocenters. The molecule has 2 N–H and O–H groups in total. The number of nitro benzene ring substituents is 1. The van der Waals surface area contributed by atoms with Crippen LogP contribution in [0.1, 0.15) is 20.7 Å². The minimum atomic E-state index is -1.42. The fourth-order valence-corrected chi connectivity index (χ4v) is 1.77. The SMILES string of the molecule is O=C(O)c1ccc([N+](=O)[O-])cc1C(=O)Nc1ccccc1F. The van der Waals surface area contributed by atoms with Crippen LogP contribution < -0.4 is 5.32 Å². The van der Waals surface area contributed by atoms with Crippen molar-refractivity contribution in [3.63, 3.8) is 0 Å². The molecular weight excluding hydrogens is 295 g/mol. The standard InChI is InChI=1S/C14H9FN2O5/c15-11-3-1-2-4-12(11)16-13(18)10-7-8(17(21)22)5-6-9(10)14(19)20/h1-7H,(H,16,18)(H,19,20). The number of carbonyl (C=O) groups is 2. The fourth-order valence-electron chi connectivity index (χ4n) is 1.77. The first-order valence-corrected chi connectivity index (χ1v) is 5.97. The van der Waals surface area contributed by atoms with Gasteiger partial charge in [-0.3, -0.25) is 14.9 Å². The maximum Gasteiger partial charge on any atom is 0.336 e. The average Bonchev–Trinajstić information content (AvgIpc) is 2.48. The predicted molar refractivity (Wildman–Crippen MR) is 74.4 cm³/mol. The summed E-state index contributed by atoms with van der Waals surface area (Å²) in [6.07, 6.45) is 0. The number of hydrogen-bond acceptors (Lipinski definition) is 4. The van der Waals surface area contributed by atoms with Crippen molar-refractivity contribution >= 4 is 23.3 Å². The number of amides is 1. The molecule has 22 heavy (non-hydrogen) atoms. The highest BCUT2D eigenvalue weighted by Gasteiger charge is 2.21. The summed E-state index contributed by atoms with van der Waals surface area (Å²) >= 11 is 0. The number of non-ortho nitro benzene ring substituents is 1. The lowest BCUT2D eigenvalue weighted by Gasteiger charge is -2.08. The summed E-state index contributed by atoms with van der Waals surface area (Å²) < 4.78 is 13.5. The molecule has 0 aliphatic heterocycles. The molecule has 0 aliphatic rings. The lowest BCUT2D eigenvalue weighted by Crippen LogP contribution is -2.17. The fraction of sp³-hybridized carbons (Fsp3) is 0. The molecule has 0 spiro atoms. The maximum atomic E-state index is 13.5. The van der Waals surface area contributed by atoms with Crippen molar-refractivity contribution in [3.05, 3.63) is 69.5 Å². The van der Waals surface area contributed by atoms with Gasteiger partial charge in [-0.25, -0.2) is 9.18 Å². The Morgan fingerprint density at radius 1 is 1.14 bits per heavy atom. The zero-order chi connectivity index (χ0) is 16.3. The monoisotopic (exact) mass is 304 g/mol. The Balaban J connectivity index is 2.43. The van der Waals surface area contributed by atoms with Gasteiger partial charge in [-0.2, -0.15) is 0 Å². The number of para-hydroxylation sites is 1. The molecule has 8 heteroatoms. The molecule has 7 nitrogen and oxygen atoms in total. The van der Waals surface area contributed by atoms with E-state index in [1.807, 2.05) is 0 Å². The lowest BCUT2D eigenvalue weighted by molar-refractivity contribution is -0.384. The average molecular weight is 304 g/mol. The molecule has 0 bridgehead atoms. The van der Waals surface area contributed by atoms with E-state index in [0.29, 0.717) is 0 Å². The first-order valence-electron chi connectivity index (χ1n) is 5.97. The highest BCUT2D eigenvalue weighted by atomic mass is 19.1. The van der Waals surface area contributed by atoms with Gasteiger partial charge >= 0.3 is 5.97 Å². The molecule has 1 amide bonds. The lowest BCUT2D eigenvalue weighted by atomic mass is 10.1. The molecule has 2 aromatic carbocycles. The minimum absolute atomic E-state index is 0.157. The topological polar surface area (TPSA) is 110 Å². The van der Waals surface area contributed by atoms with Gasteiger partial charge < -0.3 is 10.4 Å². The number of carboxylic acid groups (broad SMARTS) is 1. The summed E-state index contributed by atoms with van der Waals surface area (Å²) in [7, 11) is 0. The van der Waals surface area contributed by atoms with Crippen LogP contribution in [-0.2, 0) is 0 Å². The molecule has 0 unspecified atom stereocenters. The summed E-state index contributed by atoms with van der Waals surface area (Å²) in [6.45, 7) is 0. The first kappa shape index (κ1) is 15.1. The summed E-state index contributed by atoms with van der Waals surface area (Å²) in [5, 5.41) is 22.0. The molecule has 0 aliphatic carbocycles. The molecule has 2 rings (SSSR count). The van der Waals surface area contributed by atoms with Gasteiger partial charge in [-0.15, -0.1) is 0 Å². The van der Waals surface area contributed by atoms with E-state index in [2.05, 4.69) is 5.32 Å². The van der Waals surface area contributed by atoms with Crippen LogP contribution in [0.2, 0.25) is 0 Å². The Kier molecular flexibility index (Phi) is 4.12. The van der Waals surface area contributed by atoms with Crippen LogP contribution in [0.4, 0.5) is 15.8 Å². The second-order valence-electron chi connectivity index (χ2n) is 4.23. The van der Waals surface area contributed by atoms with E-state index in [4.69, 9.17) is 5.11 Å². The largest absolute Gasteiger partial charge is 0.478 e. The number of rotatable bonds is 4. The second-order valence-corrected chi connectivity index (χ2v) is 4.23. The Bertz CT molecular complexity index is 776. The highest BCUT2D eigenvalue weighted by molar-refractivity contribution is 6.11. The van der Waals surface area contributed by atoms with Crippen LogP contribution in [0.3, 0.4) is 0 Å². The van der Waals surface area contributed by atoms with Crippen LogP contribution in [0.25, 0.3) is 0 Å². The predicted octanol–water partition coefficient (Wildman–Crippen LogP) is 2.68. The van der Waals surface area contributed by atoms with E-state index < -0.39 is 39.4 Å². The van der Waals surface area contributed by atoms with E-state index in [-0.39, 0.29) is 5.69 Å². The van der Waals surface area contributed by atoms with Crippen LogP contribution >= 0.6 is 0 Å². The van der Waals surface area contributed by atoms with Crippen molar-refractivity contribution < 1.29 is 24.0 Å². The van der Waals surface area contributed by atoms with Crippen molar-refractivity contribution in [1.82, 2.24) is 0 Å². The van der Waals surface area contributed by atoms with Crippen molar-refractivity contribution in [3.8, 4) is 0 Å². The van der Waals surface area contributed by atoms with Crippen LogP contribution in [0.5, 0.6) is 0 Å². The molecule has 0 radical (unpaired) electrons. The number of carbonyl (C=O) groups excluding carboxylic acids is 1. The van der Waals surface area contributed by atoms with Crippen molar-refractivity contribution in [2.24, 2.45) is 0 Å².